The van der Waals surface area contributed by atoms with Gasteiger partial charge >= 0.3 is 0 Å². The number of rotatable bonds is 7. The van der Waals surface area contributed by atoms with Crippen LogP contribution in [0.25, 0.3) is 0 Å². The molecule has 128 valence electrons. The van der Waals surface area contributed by atoms with Crippen molar-refractivity contribution in [2.45, 2.75) is 13.0 Å². The molecule has 1 aromatic carbocycles. The fraction of sp³-hybridized carbons (Fsp3) is 0.176. The lowest BCUT2D eigenvalue weighted by Gasteiger charge is -2.08. The lowest BCUT2D eigenvalue weighted by Crippen LogP contribution is -2.11. The van der Waals surface area contributed by atoms with Crippen molar-refractivity contribution in [1.82, 2.24) is 20.2 Å². The lowest BCUT2D eigenvalue weighted by molar-refractivity contribution is 0.920. The van der Waals surface area contributed by atoms with Gasteiger partial charge < -0.3 is 10.6 Å². The zero-order valence-corrected chi connectivity index (χ0v) is 14.8. The van der Waals surface area contributed by atoms with Crippen molar-refractivity contribution in [3.05, 3.63) is 70.1 Å². The predicted molar refractivity (Wildman–Crippen MR) is 100 cm³/mol. The second-order valence-corrected chi connectivity index (χ2v) is 6.14. The number of hydrogen-bond donors (Lipinski definition) is 2. The number of halogens is 2. The third-order valence-electron chi connectivity index (χ3n) is 3.45. The van der Waals surface area contributed by atoms with Crippen LogP contribution in [0.15, 0.2) is 48.9 Å². The molecule has 2 heterocycles. The van der Waals surface area contributed by atoms with Gasteiger partial charge in [0.05, 0.1) is 6.20 Å². The van der Waals surface area contributed by atoms with Crippen LogP contribution in [0.4, 0.5) is 11.8 Å². The molecule has 0 bridgehead atoms. The molecule has 0 aliphatic carbocycles. The van der Waals surface area contributed by atoms with Gasteiger partial charge in [-0.1, -0.05) is 35.3 Å². The highest BCUT2D eigenvalue weighted by atomic mass is 35.5. The Morgan fingerprint density at radius 3 is 2.76 bits per heavy atom. The summed E-state index contributed by atoms with van der Waals surface area (Å²) in [6.45, 7) is 1.25. The quantitative estimate of drug-likeness (QED) is 0.654. The van der Waals surface area contributed by atoms with Gasteiger partial charge in [-0.3, -0.25) is 4.98 Å². The van der Waals surface area contributed by atoms with Gasteiger partial charge in [0.2, 0.25) is 5.95 Å². The Morgan fingerprint density at radius 1 is 1.04 bits per heavy atom. The molecule has 0 radical (unpaired) electrons. The van der Waals surface area contributed by atoms with Crippen LogP contribution in [0.5, 0.6) is 0 Å². The second kappa shape index (κ2) is 8.60. The molecule has 0 saturated carbocycles. The highest BCUT2D eigenvalue weighted by Gasteiger charge is 2.03. The van der Waals surface area contributed by atoms with Gasteiger partial charge in [-0.25, -0.2) is 0 Å². The number of anilines is 2. The summed E-state index contributed by atoms with van der Waals surface area (Å²) in [6, 6.07) is 9.36. The molecule has 0 aliphatic rings. The van der Waals surface area contributed by atoms with E-state index in [0.29, 0.717) is 34.9 Å². The molecule has 0 fully saturated rings. The highest BCUT2D eigenvalue weighted by molar-refractivity contribution is 6.35. The minimum atomic E-state index is 0.460. The summed E-state index contributed by atoms with van der Waals surface area (Å²) >= 11 is 12.1. The third-order valence-corrected chi connectivity index (χ3v) is 4.03. The van der Waals surface area contributed by atoms with Crippen molar-refractivity contribution < 1.29 is 0 Å². The third kappa shape index (κ3) is 5.27. The molecule has 25 heavy (non-hydrogen) atoms. The van der Waals surface area contributed by atoms with Crippen molar-refractivity contribution in [3.63, 3.8) is 0 Å². The smallest absolute Gasteiger partial charge is 0.244 e. The summed E-state index contributed by atoms with van der Waals surface area (Å²) in [4.78, 5) is 8.46. The predicted octanol–water partition coefficient (Wildman–Crippen LogP) is 3.84. The van der Waals surface area contributed by atoms with Gasteiger partial charge in [0.15, 0.2) is 5.82 Å². The van der Waals surface area contributed by atoms with Crippen LogP contribution in [0, 0.1) is 0 Å². The number of benzene rings is 1. The molecular formula is C17H16Cl2N6. The maximum atomic E-state index is 6.17. The largest absolute Gasteiger partial charge is 0.364 e. The van der Waals surface area contributed by atoms with E-state index in [9.17, 15) is 0 Å². The van der Waals surface area contributed by atoms with E-state index in [1.807, 2.05) is 24.3 Å². The van der Waals surface area contributed by atoms with Crippen LogP contribution in [0.1, 0.15) is 11.1 Å². The number of aromatic nitrogens is 4. The molecule has 0 unspecified atom stereocenters. The number of nitrogens with one attached hydrogen (secondary N) is 2. The van der Waals surface area contributed by atoms with E-state index in [4.69, 9.17) is 23.2 Å². The van der Waals surface area contributed by atoms with Crippen molar-refractivity contribution in [3.8, 4) is 0 Å². The SMILES string of the molecule is Clc1ccc(CCNc2nncc(NCc3cccnc3)n2)c(Cl)c1. The molecule has 0 amide bonds. The van der Waals surface area contributed by atoms with Crippen molar-refractivity contribution in [2.75, 3.05) is 17.2 Å². The standard InChI is InChI=1S/C17H16Cl2N6/c18-14-4-3-13(15(19)8-14)5-7-21-17-24-16(11-23-25-17)22-10-12-2-1-6-20-9-12/h1-4,6,8-9,11H,5,7,10H2,(H2,21,22,24,25). The normalized spacial score (nSPS) is 10.5. The minimum absolute atomic E-state index is 0.460. The molecule has 0 saturated heterocycles. The van der Waals surface area contributed by atoms with E-state index >= 15 is 0 Å². The van der Waals surface area contributed by atoms with Gasteiger partial charge in [-0.2, -0.15) is 10.1 Å². The summed E-state index contributed by atoms with van der Waals surface area (Å²) in [5.74, 6) is 1.10. The Labute approximate surface area is 155 Å². The topological polar surface area (TPSA) is 75.6 Å². The van der Waals surface area contributed by atoms with Gasteiger partial charge in [0.1, 0.15) is 0 Å². The average molecular weight is 375 g/mol. The van der Waals surface area contributed by atoms with Crippen LogP contribution in [-0.2, 0) is 13.0 Å². The summed E-state index contributed by atoms with van der Waals surface area (Å²) in [5.41, 5.74) is 2.07. The maximum Gasteiger partial charge on any atom is 0.244 e. The first-order valence-electron chi connectivity index (χ1n) is 7.71. The monoisotopic (exact) mass is 374 g/mol. The minimum Gasteiger partial charge on any atom is -0.364 e. The fourth-order valence-corrected chi connectivity index (χ4v) is 2.70. The zero-order valence-electron chi connectivity index (χ0n) is 13.3. The fourth-order valence-electron chi connectivity index (χ4n) is 2.19. The molecule has 6 nitrogen and oxygen atoms in total. The average Bonchev–Trinajstić information content (AvgIpc) is 2.63. The van der Waals surface area contributed by atoms with Crippen molar-refractivity contribution in [1.29, 1.82) is 0 Å². The van der Waals surface area contributed by atoms with Crippen LogP contribution in [0.3, 0.4) is 0 Å². The summed E-state index contributed by atoms with van der Waals surface area (Å²) in [6.07, 6.45) is 5.85. The van der Waals surface area contributed by atoms with E-state index < -0.39 is 0 Å². The Bertz CT molecular complexity index is 828. The molecule has 3 aromatic rings. The Kier molecular flexibility index (Phi) is 5.98. The first-order chi connectivity index (χ1) is 12.2. The Balaban J connectivity index is 1.53. The first-order valence-corrected chi connectivity index (χ1v) is 8.46. The first kappa shape index (κ1) is 17.4. The molecular weight excluding hydrogens is 359 g/mol. The van der Waals surface area contributed by atoms with Gasteiger partial charge in [-0.05, 0) is 35.7 Å². The molecule has 2 aromatic heterocycles. The van der Waals surface area contributed by atoms with Crippen LogP contribution in [0.2, 0.25) is 10.0 Å². The van der Waals surface area contributed by atoms with E-state index in [1.165, 1.54) is 0 Å². The molecule has 0 aliphatic heterocycles. The Hall–Kier alpha value is -2.44. The number of pyridine rings is 1. The second-order valence-electron chi connectivity index (χ2n) is 5.29. The maximum absolute atomic E-state index is 6.17. The summed E-state index contributed by atoms with van der Waals surface area (Å²) < 4.78 is 0. The van der Waals surface area contributed by atoms with E-state index in [0.717, 1.165) is 17.5 Å². The van der Waals surface area contributed by atoms with E-state index in [1.54, 1.807) is 24.7 Å². The molecule has 0 spiro atoms. The van der Waals surface area contributed by atoms with Gasteiger partial charge in [0.25, 0.3) is 0 Å². The van der Waals surface area contributed by atoms with E-state index in [2.05, 4.69) is 30.8 Å². The Morgan fingerprint density at radius 2 is 1.96 bits per heavy atom. The van der Waals surface area contributed by atoms with Gasteiger partial charge in [0, 0.05) is 35.5 Å². The van der Waals surface area contributed by atoms with Crippen LogP contribution in [-0.4, -0.2) is 26.7 Å². The van der Waals surface area contributed by atoms with Crippen molar-refractivity contribution >= 4 is 35.0 Å². The highest BCUT2D eigenvalue weighted by Crippen LogP contribution is 2.21. The lowest BCUT2D eigenvalue weighted by atomic mass is 10.1. The molecule has 3 rings (SSSR count). The summed E-state index contributed by atoms with van der Waals surface area (Å²) in [7, 11) is 0. The molecule has 8 heteroatoms. The van der Waals surface area contributed by atoms with Crippen LogP contribution < -0.4 is 10.6 Å². The summed E-state index contributed by atoms with van der Waals surface area (Å²) in [5, 5.41) is 15.6. The van der Waals surface area contributed by atoms with Crippen molar-refractivity contribution in [2.24, 2.45) is 0 Å². The van der Waals surface area contributed by atoms with Crippen LogP contribution >= 0.6 is 23.2 Å². The molecule has 2 N–H and O–H groups in total. The number of hydrogen-bond acceptors (Lipinski definition) is 6. The van der Waals surface area contributed by atoms with E-state index in [-0.39, 0.29) is 0 Å². The zero-order chi connectivity index (χ0) is 17.5. The molecule has 0 atom stereocenters. The van der Waals surface area contributed by atoms with Gasteiger partial charge in [-0.15, -0.1) is 5.10 Å². The number of nitrogens with zero attached hydrogens (tertiary/aromatic N) is 4.